The zero-order chi connectivity index (χ0) is 14.1. The number of thiophene rings is 1. The van der Waals surface area contributed by atoms with Crippen LogP contribution >= 0.6 is 23.1 Å². The molecule has 1 aliphatic carbocycles. The third kappa shape index (κ3) is 2.49. The van der Waals surface area contributed by atoms with E-state index in [0.29, 0.717) is 6.42 Å². The monoisotopic (exact) mass is 306 g/mol. The molecule has 0 spiro atoms. The highest BCUT2D eigenvalue weighted by Gasteiger charge is 2.22. The highest BCUT2D eigenvalue weighted by atomic mass is 32.2. The molecule has 1 atom stereocenters. The van der Waals surface area contributed by atoms with Gasteiger partial charge in [-0.1, -0.05) is 18.7 Å². The number of aromatic nitrogens is 2. The molecular formula is C15H18N2OS2. The Bertz CT molecular complexity index is 651. The van der Waals surface area contributed by atoms with E-state index >= 15 is 0 Å². The Morgan fingerprint density at radius 1 is 1.40 bits per heavy atom. The smallest absolute Gasteiger partial charge is 0.145 e. The number of hydrogen-bond acceptors (Lipinski definition) is 5. The van der Waals surface area contributed by atoms with Gasteiger partial charge in [0.25, 0.3) is 0 Å². The molecule has 1 aliphatic rings. The summed E-state index contributed by atoms with van der Waals surface area (Å²) in [5.41, 5.74) is 1.44. The minimum Gasteiger partial charge on any atom is -0.298 e. The van der Waals surface area contributed by atoms with Crippen molar-refractivity contribution >= 4 is 39.1 Å². The van der Waals surface area contributed by atoms with Gasteiger partial charge in [-0.25, -0.2) is 9.97 Å². The Hall–Kier alpha value is -0.940. The van der Waals surface area contributed by atoms with Crippen molar-refractivity contribution in [1.29, 1.82) is 0 Å². The fraction of sp³-hybridized carbons (Fsp3) is 0.533. The van der Waals surface area contributed by atoms with Crippen molar-refractivity contribution in [3.8, 4) is 0 Å². The third-order valence-corrected chi connectivity index (χ3v) is 6.16. The maximum atomic E-state index is 11.8. The molecule has 106 valence electrons. The van der Waals surface area contributed by atoms with E-state index < -0.39 is 0 Å². The first-order valence-corrected chi connectivity index (χ1v) is 8.85. The maximum Gasteiger partial charge on any atom is 0.145 e. The lowest BCUT2D eigenvalue weighted by molar-refractivity contribution is -0.117. The summed E-state index contributed by atoms with van der Waals surface area (Å²) < 4.78 is 0. The summed E-state index contributed by atoms with van der Waals surface area (Å²) in [6.45, 7) is 3.89. The average Bonchev–Trinajstić information content (AvgIpc) is 2.85. The van der Waals surface area contributed by atoms with Gasteiger partial charge in [0.15, 0.2) is 0 Å². The molecule has 0 radical (unpaired) electrons. The molecule has 2 aromatic heterocycles. The topological polar surface area (TPSA) is 42.9 Å². The molecule has 3 nitrogen and oxygen atoms in total. The molecule has 3 rings (SSSR count). The summed E-state index contributed by atoms with van der Waals surface area (Å²) in [6.07, 6.45) is 7.05. The second kappa shape index (κ2) is 5.82. The predicted molar refractivity (Wildman–Crippen MR) is 84.7 cm³/mol. The molecule has 0 amide bonds. The number of nitrogens with zero attached hydrogens (tertiary/aromatic N) is 2. The van der Waals surface area contributed by atoms with Gasteiger partial charge in [0.2, 0.25) is 0 Å². The lowest BCUT2D eigenvalue weighted by Gasteiger charge is -2.13. The van der Waals surface area contributed by atoms with Crippen LogP contribution in [-0.2, 0) is 17.6 Å². The van der Waals surface area contributed by atoms with E-state index in [4.69, 9.17) is 0 Å². The van der Waals surface area contributed by atoms with Crippen LogP contribution in [0.5, 0.6) is 0 Å². The average molecular weight is 306 g/mol. The predicted octanol–water partition coefficient (Wildman–Crippen LogP) is 4.03. The van der Waals surface area contributed by atoms with Crippen molar-refractivity contribution in [2.75, 3.05) is 0 Å². The first kappa shape index (κ1) is 14.0. The molecule has 0 aromatic carbocycles. The summed E-state index contributed by atoms with van der Waals surface area (Å²) in [5, 5.41) is 2.17. The number of thioether (sulfide) groups is 1. The van der Waals surface area contributed by atoms with E-state index in [2.05, 4.69) is 9.97 Å². The van der Waals surface area contributed by atoms with E-state index in [1.165, 1.54) is 35.1 Å². The molecule has 2 aromatic rings. The lowest BCUT2D eigenvalue weighted by Crippen LogP contribution is -2.11. The minimum absolute atomic E-state index is 0.0303. The highest BCUT2D eigenvalue weighted by Crippen LogP contribution is 2.40. The summed E-state index contributed by atoms with van der Waals surface area (Å²) in [6, 6.07) is 0. The highest BCUT2D eigenvalue weighted by molar-refractivity contribution is 8.00. The number of rotatable bonds is 4. The molecule has 0 aliphatic heterocycles. The van der Waals surface area contributed by atoms with E-state index in [-0.39, 0.29) is 11.0 Å². The van der Waals surface area contributed by atoms with Gasteiger partial charge in [-0.05, 0) is 38.2 Å². The fourth-order valence-electron chi connectivity index (χ4n) is 2.67. The first-order valence-electron chi connectivity index (χ1n) is 7.15. The van der Waals surface area contributed by atoms with Gasteiger partial charge in [0.1, 0.15) is 22.0 Å². The molecule has 0 saturated heterocycles. The number of fused-ring (bicyclic) bond motifs is 3. The normalized spacial score (nSPS) is 16.1. The zero-order valence-corrected chi connectivity index (χ0v) is 13.4. The number of aryl methyl sites for hydroxylation is 2. The number of hydrogen-bond donors (Lipinski definition) is 0. The van der Waals surface area contributed by atoms with Crippen molar-refractivity contribution in [3.63, 3.8) is 0 Å². The van der Waals surface area contributed by atoms with Crippen LogP contribution in [0.3, 0.4) is 0 Å². The van der Waals surface area contributed by atoms with Crippen molar-refractivity contribution in [1.82, 2.24) is 9.97 Å². The van der Waals surface area contributed by atoms with Gasteiger partial charge in [-0.3, -0.25) is 4.79 Å². The number of carbonyl (C=O) groups is 1. The summed E-state index contributed by atoms with van der Waals surface area (Å²) in [7, 11) is 0. The van der Waals surface area contributed by atoms with Crippen molar-refractivity contribution in [2.24, 2.45) is 0 Å². The van der Waals surface area contributed by atoms with Crippen molar-refractivity contribution in [3.05, 3.63) is 16.8 Å². The van der Waals surface area contributed by atoms with Gasteiger partial charge in [-0.15, -0.1) is 11.3 Å². The lowest BCUT2D eigenvalue weighted by atomic mass is 9.97. The summed E-state index contributed by atoms with van der Waals surface area (Å²) in [4.78, 5) is 23.3. The Kier molecular flexibility index (Phi) is 4.08. The maximum absolute atomic E-state index is 11.8. The van der Waals surface area contributed by atoms with Crippen LogP contribution in [0.1, 0.15) is 43.6 Å². The van der Waals surface area contributed by atoms with E-state index in [1.54, 1.807) is 29.4 Å². The molecule has 0 bridgehead atoms. The molecule has 0 fully saturated rings. The summed E-state index contributed by atoms with van der Waals surface area (Å²) >= 11 is 3.39. The number of Topliss-reactive ketones (excluding diaryl/α,β-unsaturated/α-hetero) is 1. The molecule has 5 heteroatoms. The van der Waals surface area contributed by atoms with E-state index in [1.807, 2.05) is 13.8 Å². The molecule has 1 unspecified atom stereocenters. The van der Waals surface area contributed by atoms with Crippen molar-refractivity contribution < 1.29 is 4.79 Å². The Balaban J connectivity index is 2.02. The Morgan fingerprint density at radius 2 is 2.20 bits per heavy atom. The fourth-order valence-corrected chi connectivity index (χ4v) is 5.04. The van der Waals surface area contributed by atoms with Crippen LogP contribution in [0.4, 0.5) is 0 Å². The van der Waals surface area contributed by atoms with Gasteiger partial charge < -0.3 is 0 Å². The standard InChI is InChI=1S/C15H18N2OS2/c1-3-11(18)9(2)19-14-13-10-6-4-5-7-12(10)20-15(13)17-8-16-14/h8-9H,3-7H2,1-2H3. The molecular weight excluding hydrogens is 288 g/mol. The number of ketones is 1. The van der Waals surface area contributed by atoms with Crippen LogP contribution in [0.25, 0.3) is 10.2 Å². The zero-order valence-electron chi connectivity index (χ0n) is 11.8. The van der Waals surface area contributed by atoms with Gasteiger partial charge in [0.05, 0.1) is 5.25 Å². The molecule has 0 N–H and O–H groups in total. The van der Waals surface area contributed by atoms with Crippen LogP contribution in [-0.4, -0.2) is 21.0 Å². The number of carbonyl (C=O) groups excluding carboxylic acids is 1. The minimum atomic E-state index is -0.0303. The third-order valence-electron chi connectivity index (χ3n) is 3.81. The molecule has 20 heavy (non-hydrogen) atoms. The van der Waals surface area contributed by atoms with Crippen LogP contribution in [0.2, 0.25) is 0 Å². The molecule has 2 heterocycles. The van der Waals surface area contributed by atoms with Crippen LogP contribution in [0, 0.1) is 0 Å². The Morgan fingerprint density at radius 3 is 3.00 bits per heavy atom. The first-order chi connectivity index (χ1) is 9.70. The van der Waals surface area contributed by atoms with Gasteiger partial charge in [0, 0.05) is 16.7 Å². The van der Waals surface area contributed by atoms with Crippen molar-refractivity contribution in [2.45, 2.75) is 56.2 Å². The van der Waals surface area contributed by atoms with E-state index in [9.17, 15) is 4.79 Å². The quantitative estimate of drug-likeness (QED) is 0.632. The van der Waals surface area contributed by atoms with Gasteiger partial charge in [-0.2, -0.15) is 0 Å². The second-order valence-electron chi connectivity index (χ2n) is 5.15. The van der Waals surface area contributed by atoms with E-state index in [0.717, 1.165) is 16.3 Å². The largest absolute Gasteiger partial charge is 0.298 e. The summed E-state index contributed by atoms with van der Waals surface area (Å²) in [5.74, 6) is 0.283. The van der Waals surface area contributed by atoms with Crippen LogP contribution < -0.4 is 0 Å². The van der Waals surface area contributed by atoms with Gasteiger partial charge >= 0.3 is 0 Å². The SMILES string of the molecule is CCC(=O)C(C)Sc1ncnc2sc3c(c12)CCCC3. The second-order valence-corrected chi connectivity index (χ2v) is 7.56. The van der Waals surface area contributed by atoms with Crippen LogP contribution in [0.15, 0.2) is 11.4 Å². The Labute approximate surface area is 127 Å². The molecule has 0 saturated carbocycles.